The number of carbonyl (C=O) groups is 1. The van der Waals surface area contributed by atoms with E-state index < -0.39 is 6.09 Å². The van der Waals surface area contributed by atoms with Crippen LogP contribution < -0.4 is 15.4 Å². The summed E-state index contributed by atoms with van der Waals surface area (Å²) in [7, 11) is 3.80. The van der Waals surface area contributed by atoms with Crippen molar-refractivity contribution in [3.05, 3.63) is 35.7 Å². The summed E-state index contributed by atoms with van der Waals surface area (Å²) >= 11 is 0. The number of carboxylic acid groups (broad SMARTS) is 1. The van der Waals surface area contributed by atoms with Crippen molar-refractivity contribution in [3.63, 3.8) is 0 Å². The first kappa shape index (κ1) is 20.5. The van der Waals surface area contributed by atoms with Crippen LogP contribution in [0, 0.1) is 5.92 Å². The molecule has 168 valence electrons. The molecule has 1 aliphatic carbocycles. The van der Waals surface area contributed by atoms with Crippen molar-refractivity contribution in [2.45, 2.75) is 31.8 Å². The third kappa shape index (κ3) is 3.93. The fourth-order valence-corrected chi connectivity index (χ4v) is 4.58. The quantitative estimate of drug-likeness (QED) is 0.539. The van der Waals surface area contributed by atoms with Gasteiger partial charge in [0.15, 0.2) is 5.65 Å². The third-order valence-corrected chi connectivity index (χ3v) is 6.40. The van der Waals surface area contributed by atoms with Crippen molar-refractivity contribution in [2.75, 3.05) is 32.6 Å². The highest BCUT2D eigenvalue weighted by molar-refractivity contribution is 5.76. The lowest BCUT2D eigenvalue weighted by Gasteiger charge is -2.35. The summed E-state index contributed by atoms with van der Waals surface area (Å²) in [4.78, 5) is 22.2. The molecule has 2 aliphatic rings. The Morgan fingerprint density at radius 1 is 1.28 bits per heavy atom. The number of rotatable bonds is 6. The average molecular weight is 438 g/mol. The van der Waals surface area contributed by atoms with Crippen LogP contribution in [0.4, 0.5) is 16.4 Å². The molecule has 0 unspecified atom stereocenters. The average Bonchev–Trinajstić information content (AvgIpc) is 3.15. The number of amides is 1. The predicted molar refractivity (Wildman–Crippen MR) is 119 cm³/mol. The highest BCUT2D eigenvalue weighted by atomic mass is 16.5. The summed E-state index contributed by atoms with van der Waals surface area (Å²) < 4.78 is 7.56. The highest BCUT2D eigenvalue weighted by Crippen LogP contribution is 2.38. The van der Waals surface area contributed by atoms with E-state index in [0.717, 1.165) is 54.8 Å². The van der Waals surface area contributed by atoms with Gasteiger partial charge in [0.25, 0.3) is 0 Å². The molecule has 0 spiro atoms. The summed E-state index contributed by atoms with van der Waals surface area (Å²) in [5, 5.41) is 20.0. The molecule has 10 heteroatoms. The van der Waals surface area contributed by atoms with Gasteiger partial charge in [-0.05, 0) is 55.5 Å². The lowest BCUT2D eigenvalue weighted by atomic mass is 9.80. The fraction of sp³-hybridized carbons (Fsp3) is 0.455. The lowest BCUT2D eigenvalue weighted by Crippen LogP contribution is -2.36. The van der Waals surface area contributed by atoms with Gasteiger partial charge in [0, 0.05) is 25.8 Å². The Bertz CT molecular complexity index is 1160. The van der Waals surface area contributed by atoms with Gasteiger partial charge in [0.05, 0.1) is 30.4 Å². The number of nitrogens with one attached hydrogen (secondary N) is 2. The van der Waals surface area contributed by atoms with E-state index in [1.807, 2.05) is 4.68 Å². The van der Waals surface area contributed by atoms with E-state index in [9.17, 15) is 4.79 Å². The number of likely N-dealkylation sites (N-methyl/N-ethyl adjacent to an activating group) is 1. The smallest absolute Gasteiger partial charge is 0.404 e. The van der Waals surface area contributed by atoms with E-state index >= 15 is 0 Å². The molecular weight excluding hydrogens is 410 g/mol. The Kier molecular flexibility index (Phi) is 5.30. The van der Waals surface area contributed by atoms with Gasteiger partial charge >= 0.3 is 6.09 Å². The minimum Gasteiger partial charge on any atom is -0.495 e. The Labute approximate surface area is 185 Å². The largest absolute Gasteiger partial charge is 0.495 e. The van der Waals surface area contributed by atoms with Gasteiger partial charge in [-0.15, -0.1) is 0 Å². The second kappa shape index (κ2) is 8.27. The van der Waals surface area contributed by atoms with Gasteiger partial charge < -0.3 is 25.4 Å². The Morgan fingerprint density at radius 3 is 2.91 bits per heavy atom. The molecule has 0 bridgehead atoms. The van der Waals surface area contributed by atoms with Gasteiger partial charge in [-0.3, -0.25) is 0 Å². The van der Waals surface area contributed by atoms with Crippen LogP contribution in [0.25, 0.3) is 11.0 Å². The van der Waals surface area contributed by atoms with E-state index in [2.05, 4.69) is 44.8 Å². The third-order valence-electron chi connectivity index (χ3n) is 6.40. The first-order chi connectivity index (χ1) is 15.5. The molecule has 1 aliphatic heterocycles. The molecule has 1 saturated carbocycles. The number of fused-ring (bicyclic) bond motifs is 2. The van der Waals surface area contributed by atoms with Gasteiger partial charge in [-0.2, -0.15) is 10.1 Å². The molecule has 1 amide bonds. The molecule has 0 atom stereocenters. The number of methoxy groups -OCH3 is 1. The summed E-state index contributed by atoms with van der Waals surface area (Å²) in [5.41, 5.74) is 4.21. The van der Waals surface area contributed by atoms with E-state index in [1.54, 1.807) is 19.5 Å². The van der Waals surface area contributed by atoms with E-state index in [-0.39, 0.29) is 6.04 Å². The second-order valence-electron chi connectivity index (χ2n) is 8.67. The monoisotopic (exact) mass is 437 g/mol. The van der Waals surface area contributed by atoms with E-state index in [1.165, 1.54) is 11.1 Å². The first-order valence-corrected chi connectivity index (χ1v) is 10.8. The Hall–Kier alpha value is -3.40. The van der Waals surface area contributed by atoms with Crippen molar-refractivity contribution >= 4 is 28.8 Å². The Balaban J connectivity index is 1.36. The van der Waals surface area contributed by atoms with Crippen LogP contribution in [0.1, 0.15) is 30.0 Å². The van der Waals surface area contributed by atoms with Crippen LogP contribution in [-0.4, -0.2) is 63.1 Å². The Morgan fingerprint density at radius 2 is 2.12 bits per heavy atom. The van der Waals surface area contributed by atoms with Crippen LogP contribution >= 0.6 is 0 Å². The highest BCUT2D eigenvalue weighted by Gasteiger charge is 2.32. The molecule has 32 heavy (non-hydrogen) atoms. The van der Waals surface area contributed by atoms with Gasteiger partial charge in [0.2, 0.25) is 5.95 Å². The second-order valence-corrected chi connectivity index (χ2v) is 8.67. The molecular formula is C22H27N7O3. The molecule has 3 aromatic rings. The van der Waals surface area contributed by atoms with E-state index in [0.29, 0.717) is 18.4 Å². The standard InChI is InChI=1S/C22H27N7O3/c1-28-4-3-14-8-19(32-2)18(7-15(14)12-28)26-21-23-10-16-11-25-29(20(16)27-21)17-5-13(6-17)9-24-22(30)31/h7-8,10-11,13,17,24H,3-6,9,12H2,1-2H3,(H,30,31)(H,23,26,27)/t13-,17-. The number of benzene rings is 1. The fourth-order valence-electron chi connectivity index (χ4n) is 4.58. The van der Waals surface area contributed by atoms with Crippen molar-refractivity contribution in [2.24, 2.45) is 5.92 Å². The number of ether oxygens (including phenoxy) is 1. The molecule has 10 nitrogen and oxygen atoms in total. The van der Waals surface area contributed by atoms with Crippen molar-refractivity contribution in [1.29, 1.82) is 0 Å². The molecule has 0 saturated heterocycles. The minimum atomic E-state index is -0.981. The van der Waals surface area contributed by atoms with Crippen LogP contribution in [0.2, 0.25) is 0 Å². The molecule has 3 N–H and O–H groups in total. The summed E-state index contributed by atoms with van der Waals surface area (Å²) in [6.07, 6.45) is 5.32. The maximum Gasteiger partial charge on any atom is 0.404 e. The number of anilines is 2. The van der Waals surface area contributed by atoms with Gasteiger partial charge in [0.1, 0.15) is 5.75 Å². The van der Waals surface area contributed by atoms with Crippen molar-refractivity contribution in [3.8, 4) is 5.75 Å². The number of hydrogen-bond donors (Lipinski definition) is 3. The molecule has 5 rings (SSSR count). The predicted octanol–water partition coefficient (Wildman–Crippen LogP) is 2.79. The molecule has 2 aromatic heterocycles. The zero-order chi connectivity index (χ0) is 22.2. The van der Waals surface area contributed by atoms with Gasteiger partial charge in [-0.1, -0.05) is 0 Å². The number of nitrogens with zero attached hydrogens (tertiary/aromatic N) is 5. The van der Waals surface area contributed by atoms with Crippen molar-refractivity contribution in [1.82, 2.24) is 30.0 Å². The lowest BCUT2D eigenvalue weighted by molar-refractivity contribution is 0.165. The topological polar surface area (TPSA) is 117 Å². The number of hydrogen-bond acceptors (Lipinski definition) is 7. The molecule has 1 aromatic carbocycles. The van der Waals surface area contributed by atoms with E-state index in [4.69, 9.17) is 14.8 Å². The minimum absolute atomic E-state index is 0.213. The number of aromatic nitrogens is 4. The van der Waals surface area contributed by atoms with Crippen LogP contribution in [0.3, 0.4) is 0 Å². The normalized spacial score (nSPS) is 20.4. The summed E-state index contributed by atoms with van der Waals surface area (Å²) in [5.74, 6) is 1.59. The molecule has 3 heterocycles. The summed E-state index contributed by atoms with van der Waals surface area (Å²) in [6, 6.07) is 4.44. The SMILES string of the molecule is COc1cc2c(cc1Nc1ncc3cnn([C@H]4C[C@H](CNC(=O)O)C4)c3n1)CN(C)CC2. The van der Waals surface area contributed by atoms with Crippen molar-refractivity contribution < 1.29 is 14.6 Å². The maximum atomic E-state index is 10.7. The van der Waals surface area contributed by atoms with Crippen LogP contribution in [-0.2, 0) is 13.0 Å². The maximum absolute atomic E-state index is 10.7. The zero-order valence-electron chi connectivity index (χ0n) is 18.2. The van der Waals surface area contributed by atoms with Crippen LogP contribution in [0.15, 0.2) is 24.5 Å². The van der Waals surface area contributed by atoms with Crippen LogP contribution in [0.5, 0.6) is 5.75 Å². The molecule has 0 radical (unpaired) electrons. The summed E-state index contributed by atoms with van der Waals surface area (Å²) in [6.45, 7) is 2.42. The van der Waals surface area contributed by atoms with Gasteiger partial charge in [-0.25, -0.2) is 14.5 Å². The zero-order valence-corrected chi connectivity index (χ0v) is 18.2. The first-order valence-electron chi connectivity index (χ1n) is 10.8. The molecule has 1 fully saturated rings.